The van der Waals surface area contributed by atoms with Gasteiger partial charge in [-0.15, -0.1) is 0 Å². The van der Waals surface area contributed by atoms with Crippen molar-refractivity contribution in [1.29, 1.82) is 0 Å². The number of carboxylic acid groups (broad SMARTS) is 1. The molecule has 36 heavy (non-hydrogen) atoms. The summed E-state index contributed by atoms with van der Waals surface area (Å²) in [6.07, 6.45) is -0.278. The maximum atomic E-state index is 13.4. The van der Waals surface area contributed by atoms with Crippen molar-refractivity contribution >= 4 is 18.0 Å². The Bertz CT molecular complexity index is 1210. The third kappa shape index (κ3) is 6.02. The van der Waals surface area contributed by atoms with Crippen molar-refractivity contribution in [3.63, 3.8) is 0 Å². The Morgan fingerprint density at radius 2 is 1.61 bits per heavy atom. The second-order valence-corrected chi connectivity index (χ2v) is 8.61. The first kappa shape index (κ1) is 24.8. The van der Waals surface area contributed by atoms with Gasteiger partial charge < -0.3 is 19.9 Å². The Balaban J connectivity index is 1.50. The minimum atomic E-state index is -1.16. The summed E-state index contributed by atoms with van der Waals surface area (Å²) in [6, 6.07) is 21.8. The SMILES string of the molecule is COc1ccc(C[C@H](NC(=O)[C@@H]2Cc3ccccc3CN2C(=O)OCc2ccccc2)C(=O)O)cc1. The molecule has 8 nitrogen and oxygen atoms in total. The van der Waals surface area contributed by atoms with Crippen LogP contribution in [0, 0.1) is 0 Å². The molecule has 2 N–H and O–H groups in total. The predicted molar refractivity (Wildman–Crippen MR) is 132 cm³/mol. The molecular formula is C28H28N2O6. The van der Waals surface area contributed by atoms with E-state index in [0.717, 1.165) is 22.3 Å². The maximum Gasteiger partial charge on any atom is 0.411 e. The fourth-order valence-corrected chi connectivity index (χ4v) is 4.22. The van der Waals surface area contributed by atoms with Gasteiger partial charge in [-0.3, -0.25) is 9.69 Å². The van der Waals surface area contributed by atoms with E-state index in [0.29, 0.717) is 5.75 Å². The molecule has 0 bridgehead atoms. The largest absolute Gasteiger partial charge is 0.497 e. The molecule has 1 aliphatic rings. The van der Waals surface area contributed by atoms with Gasteiger partial charge in [-0.2, -0.15) is 0 Å². The first-order valence-electron chi connectivity index (χ1n) is 11.6. The Morgan fingerprint density at radius 3 is 2.28 bits per heavy atom. The first-order chi connectivity index (χ1) is 17.4. The average molecular weight is 489 g/mol. The van der Waals surface area contributed by atoms with Crippen LogP contribution in [0.2, 0.25) is 0 Å². The van der Waals surface area contributed by atoms with Crippen molar-refractivity contribution in [2.45, 2.75) is 38.1 Å². The standard InChI is InChI=1S/C28H28N2O6/c1-35-23-13-11-19(12-14-23)15-24(27(32)33)29-26(31)25-16-21-9-5-6-10-22(21)17-30(25)28(34)36-18-20-7-3-2-4-8-20/h2-14,24-25H,15-18H2,1H3,(H,29,31)(H,32,33)/t24-,25-/m0/s1. The van der Waals surface area contributed by atoms with E-state index in [1.165, 1.54) is 4.90 Å². The third-order valence-electron chi connectivity index (χ3n) is 6.20. The van der Waals surface area contributed by atoms with E-state index in [1.807, 2.05) is 54.6 Å². The highest BCUT2D eigenvalue weighted by Crippen LogP contribution is 2.25. The summed E-state index contributed by atoms with van der Waals surface area (Å²) >= 11 is 0. The van der Waals surface area contributed by atoms with Crippen LogP contribution >= 0.6 is 0 Å². The summed E-state index contributed by atoms with van der Waals surface area (Å²) in [6.45, 7) is 0.263. The summed E-state index contributed by atoms with van der Waals surface area (Å²) in [5, 5.41) is 12.4. The fraction of sp³-hybridized carbons (Fsp3) is 0.250. The molecule has 0 aromatic heterocycles. The number of methoxy groups -OCH3 is 1. The number of rotatable bonds is 8. The first-order valence-corrected chi connectivity index (χ1v) is 11.6. The van der Waals surface area contributed by atoms with E-state index in [4.69, 9.17) is 9.47 Å². The molecule has 4 rings (SSSR count). The zero-order chi connectivity index (χ0) is 25.5. The Hall–Kier alpha value is -4.33. The van der Waals surface area contributed by atoms with Crippen molar-refractivity contribution < 1.29 is 29.0 Å². The number of hydrogen-bond acceptors (Lipinski definition) is 5. The number of carbonyl (C=O) groups excluding carboxylic acids is 2. The lowest BCUT2D eigenvalue weighted by atomic mass is 9.93. The number of hydrogen-bond donors (Lipinski definition) is 2. The molecule has 0 aliphatic carbocycles. The lowest BCUT2D eigenvalue weighted by Crippen LogP contribution is -2.56. The summed E-state index contributed by atoms with van der Waals surface area (Å²) in [5.74, 6) is -1.05. The molecular weight excluding hydrogens is 460 g/mol. The van der Waals surface area contributed by atoms with Gasteiger partial charge in [-0.1, -0.05) is 66.7 Å². The number of carboxylic acids is 1. The monoisotopic (exact) mass is 488 g/mol. The van der Waals surface area contributed by atoms with Crippen LogP contribution in [0.5, 0.6) is 5.75 Å². The number of benzene rings is 3. The fourth-order valence-electron chi connectivity index (χ4n) is 4.22. The molecule has 2 atom stereocenters. The minimum Gasteiger partial charge on any atom is -0.497 e. The molecule has 3 aromatic carbocycles. The number of carbonyl (C=O) groups is 3. The molecule has 1 heterocycles. The van der Waals surface area contributed by atoms with Gasteiger partial charge in [0.05, 0.1) is 13.7 Å². The lowest BCUT2D eigenvalue weighted by Gasteiger charge is -2.35. The van der Waals surface area contributed by atoms with Crippen LogP contribution in [0.25, 0.3) is 0 Å². The molecule has 1 aliphatic heterocycles. The van der Waals surface area contributed by atoms with E-state index >= 15 is 0 Å². The van der Waals surface area contributed by atoms with Gasteiger partial charge in [0.2, 0.25) is 5.91 Å². The van der Waals surface area contributed by atoms with Crippen LogP contribution in [0.4, 0.5) is 4.79 Å². The second-order valence-electron chi connectivity index (χ2n) is 8.61. The highest BCUT2D eigenvalue weighted by Gasteiger charge is 2.37. The molecule has 0 saturated heterocycles. The molecule has 186 valence electrons. The van der Waals surface area contributed by atoms with Crippen molar-refractivity contribution in [3.05, 3.63) is 101 Å². The van der Waals surface area contributed by atoms with Crippen LogP contribution in [0.3, 0.4) is 0 Å². The van der Waals surface area contributed by atoms with E-state index in [2.05, 4.69) is 5.32 Å². The van der Waals surface area contributed by atoms with Gasteiger partial charge in [0.1, 0.15) is 24.4 Å². The normalized spacial score (nSPS) is 15.4. The number of ether oxygens (including phenoxy) is 2. The topological polar surface area (TPSA) is 105 Å². The van der Waals surface area contributed by atoms with Crippen LogP contribution in [0.15, 0.2) is 78.9 Å². The number of aliphatic carboxylic acids is 1. The van der Waals surface area contributed by atoms with E-state index in [9.17, 15) is 19.5 Å². The quantitative estimate of drug-likeness (QED) is 0.502. The van der Waals surface area contributed by atoms with Crippen molar-refractivity contribution in [1.82, 2.24) is 10.2 Å². The van der Waals surface area contributed by atoms with Crippen LogP contribution in [-0.2, 0) is 40.3 Å². The van der Waals surface area contributed by atoms with Crippen molar-refractivity contribution in [3.8, 4) is 5.75 Å². The van der Waals surface area contributed by atoms with Gasteiger partial charge in [0, 0.05) is 12.8 Å². The van der Waals surface area contributed by atoms with Gasteiger partial charge in [-0.25, -0.2) is 9.59 Å². The molecule has 8 heteroatoms. The van der Waals surface area contributed by atoms with E-state index < -0.39 is 30.1 Å². The van der Waals surface area contributed by atoms with Crippen LogP contribution in [0.1, 0.15) is 22.3 Å². The second kappa shape index (κ2) is 11.4. The summed E-state index contributed by atoms with van der Waals surface area (Å²) in [7, 11) is 1.55. The Morgan fingerprint density at radius 1 is 0.944 bits per heavy atom. The Kier molecular flexibility index (Phi) is 7.85. The predicted octanol–water partition coefficient (Wildman–Crippen LogP) is 3.57. The smallest absolute Gasteiger partial charge is 0.411 e. The Labute approximate surface area is 209 Å². The van der Waals surface area contributed by atoms with Gasteiger partial charge in [0.15, 0.2) is 0 Å². The molecule has 0 fully saturated rings. The van der Waals surface area contributed by atoms with Crippen LogP contribution < -0.4 is 10.1 Å². The van der Waals surface area contributed by atoms with Gasteiger partial charge >= 0.3 is 12.1 Å². The highest BCUT2D eigenvalue weighted by atomic mass is 16.6. The van der Waals surface area contributed by atoms with Gasteiger partial charge in [-0.05, 0) is 34.4 Å². The summed E-state index contributed by atoms with van der Waals surface area (Å²) in [4.78, 5) is 39.8. The molecule has 0 unspecified atom stereocenters. The molecule has 2 amide bonds. The number of nitrogens with one attached hydrogen (secondary N) is 1. The number of nitrogens with zero attached hydrogens (tertiary/aromatic N) is 1. The van der Waals surface area contributed by atoms with E-state index in [-0.39, 0.29) is 26.0 Å². The molecule has 0 spiro atoms. The van der Waals surface area contributed by atoms with Gasteiger partial charge in [0.25, 0.3) is 0 Å². The maximum absolute atomic E-state index is 13.4. The van der Waals surface area contributed by atoms with E-state index in [1.54, 1.807) is 31.4 Å². The summed E-state index contributed by atoms with van der Waals surface area (Å²) in [5.41, 5.74) is 3.42. The number of amides is 2. The molecule has 3 aromatic rings. The third-order valence-corrected chi connectivity index (χ3v) is 6.20. The molecule has 0 saturated carbocycles. The van der Waals surface area contributed by atoms with Crippen LogP contribution in [-0.4, -0.2) is 47.2 Å². The zero-order valence-electron chi connectivity index (χ0n) is 19.9. The highest BCUT2D eigenvalue weighted by molar-refractivity contribution is 5.90. The molecule has 0 radical (unpaired) electrons. The van der Waals surface area contributed by atoms with Crippen molar-refractivity contribution in [2.75, 3.05) is 7.11 Å². The average Bonchev–Trinajstić information content (AvgIpc) is 2.91. The summed E-state index contributed by atoms with van der Waals surface area (Å²) < 4.78 is 10.7. The minimum absolute atomic E-state index is 0.0708. The number of fused-ring (bicyclic) bond motifs is 1. The zero-order valence-corrected chi connectivity index (χ0v) is 19.9. The lowest BCUT2D eigenvalue weighted by molar-refractivity contribution is -0.142. The van der Waals surface area contributed by atoms with Crippen molar-refractivity contribution in [2.24, 2.45) is 0 Å².